The van der Waals surface area contributed by atoms with E-state index < -0.39 is 0 Å². The van der Waals surface area contributed by atoms with Crippen molar-refractivity contribution >= 4 is 6.03 Å². The van der Waals surface area contributed by atoms with Crippen LogP contribution in [-0.4, -0.2) is 25.1 Å². The Hall–Kier alpha value is -2.49. The number of urea groups is 1. The molecule has 0 spiro atoms. The van der Waals surface area contributed by atoms with Crippen molar-refractivity contribution in [3.8, 4) is 5.75 Å². The number of ether oxygens (including phenoxy) is 1. The van der Waals surface area contributed by atoms with E-state index in [0.717, 1.165) is 16.9 Å². The van der Waals surface area contributed by atoms with E-state index in [4.69, 9.17) is 4.74 Å². The number of hydrogen-bond acceptors (Lipinski definition) is 2. The first-order valence-corrected chi connectivity index (χ1v) is 7.26. The Bertz CT molecular complexity index is 640. The maximum atomic E-state index is 12.2. The molecule has 22 heavy (non-hydrogen) atoms. The molecule has 0 bridgehead atoms. The summed E-state index contributed by atoms with van der Waals surface area (Å²) in [6.07, 6.45) is 0. The number of hydrogen-bond donors (Lipinski definition) is 1. The van der Waals surface area contributed by atoms with Gasteiger partial charge >= 0.3 is 6.03 Å². The third-order valence-electron chi connectivity index (χ3n) is 3.59. The van der Waals surface area contributed by atoms with Gasteiger partial charge in [0.15, 0.2) is 0 Å². The first-order chi connectivity index (χ1) is 10.6. The second-order valence-corrected chi connectivity index (χ2v) is 5.29. The molecule has 0 atom stereocenters. The summed E-state index contributed by atoms with van der Waals surface area (Å²) in [6, 6.07) is 15.7. The van der Waals surface area contributed by atoms with Gasteiger partial charge in [0.2, 0.25) is 0 Å². The number of aryl methyl sites for hydroxylation is 1. The summed E-state index contributed by atoms with van der Waals surface area (Å²) >= 11 is 0. The predicted octanol–water partition coefficient (Wildman–Crippen LogP) is 3.35. The maximum absolute atomic E-state index is 12.2. The minimum Gasteiger partial charge on any atom is -0.497 e. The molecule has 0 aliphatic rings. The first-order valence-electron chi connectivity index (χ1n) is 7.26. The summed E-state index contributed by atoms with van der Waals surface area (Å²) in [6.45, 7) is 3.13. The van der Waals surface area contributed by atoms with Gasteiger partial charge in [-0.3, -0.25) is 0 Å². The van der Waals surface area contributed by atoms with E-state index in [2.05, 4.69) is 18.3 Å². The van der Waals surface area contributed by atoms with Crippen molar-refractivity contribution in [1.29, 1.82) is 0 Å². The lowest BCUT2D eigenvalue weighted by Gasteiger charge is -2.19. The van der Waals surface area contributed by atoms with Crippen molar-refractivity contribution < 1.29 is 9.53 Å². The van der Waals surface area contributed by atoms with Crippen molar-refractivity contribution in [2.45, 2.75) is 20.0 Å². The monoisotopic (exact) mass is 298 g/mol. The van der Waals surface area contributed by atoms with Crippen LogP contribution < -0.4 is 10.1 Å². The summed E-state index contributed by atoms with van der Waals surface area (Å²) in [5.41, 5.74) is 3.36. The number of methoxy groups -OCH3 is 1. The maximum Gasteiger partial charge on any atom is 0.317 e. The fourth-order valence-electron chi connectivity index (χ4n) is 2.21. The lowest BCUT2D eigenvalue weighted by molar-refractivity contribution is 0.206. The van der Waals surface area contributed by atoms with E-state index in [9.17, 15) is 4.79 Å². The zero-order valence-corrected chi connectivity index (χ0v) is 13.3. The van der Waals surface area contributed by atoms with E-state index in [1.165, 1.54) is 5.56 Å². The number of nitrogens with zero attached hydrogens (tertiary/aromatic N) is 1. The van der Waals surface area contributed by atoms with Crippen LogP contribution in [0.25, 0.3) is 0 Å². The summed E-state index contributed by atoms with van der Waals surface area (Å²) in [5, 5.41) is 2.92. The van der Waals surface area contributed by atoms with Crippen LogP contribution in [0.1, 0.15) is 16.7 Å². The Kier molecular flexibility index (Phi) is 5.42. The molecule has 0 radical (unpaired) electrons. The SMILES string of the molecule is COc1cccc(CNC(=O)N(C)Cc2ccccc2C)c1. The molecule has 0 heterocycles. The van der Waals surface area contributed by atoms with Crippen LogP contribution in [0.3, 0.4) is 0 Å². The summed E-state index contributed by atoms with van der Waals surface area (Å²) < 4.78 is 5.18. The van der Waals surface area contributed by atoms with E-state index >= 15 is 0 Å². The highest BCUT2D eigenvalue weighted by Crippen LogP contribution is 2.13. The van der Waals surface area contributed by atoms with Gasteiger partial charge < -0.3 is 15.0 Å². The number of carbonyl (C=O) groups is 1. The largest absolute Gasteiger partial charge is 0.497 e. The quantitative estimate of drug-likeness (QED) is 0.919. The summed E-state index contributed by atoms with van der Waals surface area (Å²) in [5.74, 6) is 0.792. The predicted molar refractivity (Wildman–Crippen MR) is 87.9 cm³/mol. The number of benzene rings is 2. The summed E-state index contributed by atoms with van der Waals surface area (Å²) in [4.78, 5) is 13.9. The average molecular weight is 298 g/mol. The van der Waals surface area contributed by atoms with Crippen molar-refractivity contribution in [2.24, 2.45) is 0 Å². The highest BCUT2D eigenvalue weighted by Gasteiger charge is 2.09. The second-order valence-electron chi connectivity index (χ2n) is 5.29. The third kappa shape index (κ3) is 4.25. The molecule has 0 saturated carbocycles. The Morgan fingerprint density at radius 3 is 2.68 bits per heavy atom. The number of carbonyl (C=O) groups excluding carboxylic acids is 1. The Balaban J connectivity index is 1.90. The van der Waals surface area contributed by atoms with Gasteiger partial charge in [0.1, 0.15) is 5.75 Å². The lowest BCUT2D eigenvalue weighted by atomic mass is 10.1. The highest BCUT2D eigenvalue weighted by molar-refractivity contribution is 5.73. The zero-order chi connectivity index (χ0) is 15.9. The molecule has 0 saturated heterocycles. The van der Waals surface area contributed by atoms with Gasteiger partial charge in [-0.25, -0.2) is 4.79 Å². The molecule has 2 aromatic carbocycles. The van der Waals surface area contributed by atoms with Crippen molar-refractivity contribution in [1.82, 2.24) is 10.2 Å². The highest BCUT2D eigenvalue weighted by atomic mass is 16.5. The minimum atomic E-state index is -0.0916. The second kappa shape index (κ2) is 7.50. The molecular weight excluding hydrogens is 276 g/mol. The molecule has 0 aliphatic heterocycles. The zero-order valence-electron chi connectivity index (χ0n) is 13.3. The van der Waals surface area contributed by atoms with Gasteiger partial charge in [0, 0.05) is 20.1 Å². The first kappa shape index (κ1) is 15.9. The van der Waals surface area contributed by atoms with Gasteiger partial charge in [-0.05, 0) is 35.7 Å². The van der Waals surface area contributed by atoms with E-state index in [0.29, 0.717) is 13.1 Å². The van der Waals surface area contributed by atoms with E-state index in [1.54, 1.807) is 19.1 Å². The molecule has 1 N–H and O–H groups in total. The molecule has 0 aromatic heterocycles. The molecule has 2 rings (SSSR count). The van der Waals surface area contributed by atoms with Crippen molar-refractivity contribution in [3.63, 3.8) is 0 Å². The van der Waals surface area contributed by atoms with Gasteiger partial charge in [-0.15, -0.1) is 0 Å². The van der Waals surface area contributed by atoms with Crippen LogP contribution >= 0.6 is 0 Å². The van der Waals surface area contributed by atoms with Gasteiger partial charge in [0.25, 0.3) is 0 Å². The number of rotatable bonds is 5. The van der Waals surface area contributed by atoms with Crippen LogP contribution in [0.2, 0.25) is 0 Å². The van der Waals surface area contributed by atoms with Gasteiger partial charge in [-0.2, -0.15) is 0 Å². The van der Waals surface area contributed by atoms with Crippen molar-refractivity contribution in [2.75, 3.05) is 14.2 Å². The molecule has 116 valence electrons. The Morgan fingerprint density at radius 2 is 1.95 bits per heavy atom. The number of nitrogens with one attached hydrogen (secondary N) is 1. The molecule has 0 aliphatic carbocycles. The lowest BCUT2D eigenvalue weighted by Crippen LogP contribution is -2.36. The molecule has 0 fully saturated rings. The van der Waals surface area contributed by atoms with Gasteiger partial charge in [-0.1, -0.05) is 36.4 Å². The van der Waals surface area contributed by atoms with Crippen molar-refractivity contribution in [3.05, 3.63) is 65.2 Å². The number of amides is 2. The fourth-order valence-corrected chi connectivity index (χ4v) is 2.21. The van der Waals surface area contributed by atoms with Gasteiger partial charge in [0.05, 0.1) is 7.11 Å². The van der Waals surface area contributed by atoms with Crippen LogP contribution in [0.4, 0.5) is 4.79 Å². The molecule has 4 heteroatoms. The van der Waals surface area contributed by atoms with Crippen LogP contribution in [-0.2, 0) is 13.1 Å². The summed E-state index contributed by atoms with van der Waals surface area (Å²) in [7, 11) is 3.43. The molecular formula is C18H22N2O2. The van der Waals surface area contributed by atoms with E-state index in [1.807, 2.05) is 42.5 Å². The molecule has 2 amide bonds. The van der Waals surface area contributed by atoms with Crippen LogP contribution in [0.5, 0.6) is 5.75 Å². The smallest absolute Gasteiger partial charge is 0.317 e. The fraction of sp³-hybridized carbons (Fsp3) is 0.278. The molecule has 4 nitrogen and oxygen atoms in total. The minimum absolute atomic E-state index is 0.0916. The standard InChI is InChI=1S/C18H22N2O2/c1-14-7-4-5-9-16(14)13-20(2)18(21)19-12-15-8-6-10-17(11-15)22-3/h4-11H,12-13H2,1-3H3,(H,19,21). The molecule has 0 unspecified atom stereocenters. The normalized spacial score (nSPS) is 10.1. The Labute approximate surface area is 131 Å². The van der Waals surface area contributed by atoms with E-state index in [-0.39, 0.29) is 6.03 Å². The third-order valence-corrected chi connectivity index (χ3v) is 3.59. The molecule has 2 aromatic rings. The topological polar surface area (TPSA) is 41.6 Å². The van der Waals surface area contributed by atoms with Crippen LogP contribution in [0, 0.1) is 6.92 Å². The average Bonchev–Trinajstić information content (AvgIpc) is 2.54. The Morgan fingerprint density at radius 1 is 1.18 bits per heavy atom. The van der Waals surface area contributed by atoms with Crippen LogP contribution in [0.15, 0.2) is 48.5 Å².